The Morgan fingerprint density at radius 3 is 2.81 bits per heavy atom. The lowest BCUT2D eigenvalue weighted by Crippen LogP contribution is -2.32. The average molecular weight is 216 g/mol. The molecule has 3 rings (SSSR count). The maximum atomic E-state index is 4.81. The van der Waals surface area contributed by atoms with Gasteiger partial charge in [-0.2, -0.15) is 0 Å². The summed E-state index contributed by atoms with van der Waals surface area (Å²) in [6, 6.07) is 0. The molecule has 16 heavy (non-hydrogen) atoms. The Kier molecular flexibility index (Phi) is 1.82. The van der Waals surface area contributed by atoms with Crippen LogP contribution in [0, 0.1) is 5.41 Å². The first-order chi connectivity index (χ1) is 7.50. The normalized spacial score (nSPS) is 34.1. The molecular formula is C14H20N2. The molecule has 1 aromatic rings. The van der Waals surface area contributed by atoms with Crippen molar-refractivity contribution in [3.05, 3.63) is 23.3 Å². The van der Waals surface area contributed by atoms with E-state index in [4.69, 9.17) is 4.98 Å². The van der Waals surface area contributed by atoms with Crippen molar-refractivity contribution in [3.63, 3.8) is 0 Å². The zero-order valence-electron chi connectivity index (χ0n) is 10.7. The second-order valence-electron chi connectivity index (χ2n) is 6.09. The minimum atomic E-state index is 0.278. The molecule has 2 aliphatic carbocycles. The smallest absolute Gasteiger partial charge is 0.128 e. The van der Waals surface area contributed by atoms with E-state index in [0.717, 1.165) is 12.2 Å². The number of fused-ring (bicyclic) bond motifs is 5. The fraction of sp³-hybridized carbons (Fsp3) is 0.714. The third-order valence-electron chi connectivity index (χ3n) is 5.31. The van der Waals surface area contributed by atoms with Gasteiger partial charge >= 0.3 is 0 Å². The molecular weight excluding hydrogens is 196 g/mol. The summed E-state index contributed by atoms with van der Waals surface area (Å²) in [7, 11) is 0. The van der Waals surface area contributed by atoms with Crippen LogP contribution in [0.15, 0.2) is 6.20 Å². The van der Waals surface area contributed by atoms with Crippen molar-refractivity contribution in [2.24, 2.45) is 5.41 Å². The Hall–Kier alpha value is -0.920. The van der Waals surface area contributed by atoms with Crippen LogP contribution in [0.1, 0.15) is 63.5 Å². The molecule has 0 radical (unpaired) electrons. The molecule has 0 aromatic carbocycles. The maximum absolute atomic E-state index is 4.81. The highest BCUT2D eigenvalue weighted by atomic mass is 14.9. The highest BCUT2D eigenvalue weighted by molar-refractivity contribution is 5.44. The van der Waals surface area contributed by atoms with E-state index in [9.17, 15) is 0 Å². The SMILES string of the molecule is CCc1ncc2c(n1)C1(C)CCC2C1(C)C. The van der Waals surface area contributed by atoms with E-state index in [2.05, 4.69) is 38.9 Å². The van der Waals surface area contributed by atoms with Gasteiger partial charge in [0.1, 0.15) is 5.82 Å². The van der Waals surface area contributed by atoms with Gasteiger partial charge < -0.3 is 0 Å². The van der Waals surface area contributed by atoms with E-state index in [-0.39, 0.29) is 5.41 Å². The molecule has 86 valence electrons. The van der Waals surface area contributed by atoms with Crippen LogP contribution in [0.5, 0.6) is 0 Å². The number of aromatic nitrogens is 2. The third kappa shape index (κ3) is 0.939. The van der Waals surface area contributed by atoms with Crippen LogP contribution in [0.3, 0.4) is 0 Å². The summed E-state index contributed by atoms with van der Waals surface area (Å²) >= 11 is 0. The minimum Gasteiger partial charge on any atom is -0.241 e. The number of rotatable bonds is 1. The van der Waals surface area contributed by atoms with Crippen molar-refractivity contribution in [3.8, 4) is 0 Å². The fourth-order valence-electron chi connectivity index (χ4n) is 3.76. The van der Waals surface area contributed by atoms with Crippen molar-refractivity contribution < 1.29 is 0 Å². The first-order valence-corrected chi connectivity index (χ1v) is 6.37. The van der Waals surface area contributed by atoms with Crippen molar-refractivity contribution in [2.75, 3.05) is 0 Å². The zero-order chi connectivity index (χ0) is 11.6. The van der Waals surface area contributed by atoms with Gasteiger partial charge in [0.2, 0.25) is 0 Å². The lowest BCUT2D eigenvalue weighted by Gasteiger charge is -2.34. The zero-order valence-corrected chi connectivity index (χ0v) is 10.7. The predicted molar refractivity (Wildman–Crippen MR) is 64.5 cm³/mol. The molecule has 2 atom stereocenters. The molecule has 0 amide bonds. The third-order valence-corrected chi connectivity index (χ3v) is 5.31. The number of aryl methyl sites for hydroxylation is 1. The summed E-state index contributed by atoms with van der Waals surface area (Å²) in [5, 5.41) is 0. The Labute approximate surface area is 97.5 Å². The monoisotopic (exact) mass is 216 g/mol. The second kappa shape index (κ2) is 2.85. The molecule has 2 unspecified atom stereocenters. The minimum absolute atomic E-state index is 0.278. The molecule has 1 heterocycles. The number of hydrogen-bond acceptors (Lipinski definition) is 2. The highest BCUT2D eigenvalue weighted by Gasteiger charge is 2.60. The summed E-state index contributed by atoms with van der Waals surface area (Å²) in [6.07, 6.45) is 5.63. The van der Waals surface area contributed by atoms with Gasteiger partial charge in [-0.1, -0.05) is 27.7 Å². The van der Waals surface area contributed by atoms with Crippen LogP contribution >= 0.6 is 0 Å². The van der Waals surface area contributed by atoms with E-state index in [0.29, 0.717) is 11.3 Å². The van der Waals surface area contributed by atoms with Gasteiger partial charge in [-0.3, -0.25) is 0 Å². The second-order valence-corrected chi connectivity index (χ2v) is 6.09. The van der Waals surface area contributed by atoms with Gasteiger partial charge in [-0.25, -0.2) is 9.97 Å². The Bertz CT molecular complexity index is 450. The fourth-order valence-corrected chi connectivity index (χ4v) is 3.76. The van der Waals surface area contributed by atoms with E-state index in [1.807, 2.05) is 0 Å². The molecule has 0 saturated heterocycles. The molecule has 2 nitrogen and oxygen atoms in total. The maximum Gasteiger partial charge on any atom is 0.128 e. The summed E-state index contributed by atoms with van der Waals surface area (Å²) in [5.74, 6) is 1.68. The van der Waals surface area contributed by atoms with Crippen molar-refractivity contribution in [1.29, 1.82) is 0 Å². The first-order valence-electron chi connectivity index (χ1n) is 6.37. The predicted octanol–water partition coefficient (Wildman–Crippen LogP) is 3.21. The molecule has 2 bridgehead atoms. The lowest BCUT2D eigenvalue weighted by molar-refractivity contribution is 0.227. The topological polar surface area (TPSA) is 25.8 Å². The quantitative estimate of drug-likeness (QED) is 0.720. The molecule has 0 aliphatic heterocycles. The van der Waals surface area contributed by atoms with Gasteiger partial charge in [0.25, 0.3) is 0 Å². The van der Waals surface area contributed by atoms with Gasteiger partial charge in [0, 0.05) is 18.0 Å². The number of hydrogen-bond donors (Lipinski definition) is 0. The summed E-state index contributed by atoms with van der Waals surface area (Å²) in [5.41, 5.74) is 3.41. The van der Waals surface area contributed by atoms with E-state index < -0.39 is 0 Å². The van der Waals surface area contributed by atoms with Gasteiger partial charge in [-0.15, -0.1) is 0 Å². The van der Waals surface area contributed by atoms with Crippen molar-refractivity contribution in [2.45, 2.75) is 58.3 Å². The van der Waals surface area contributed by atoms with Gasteiger partial charge in [-0.05, 0) is 29.7 Å². The molecule has 1 aromatic heterocycles. The van der Waals surface area contributed by atoms with Crippen molar-refractivity contribution in [1.82, 2.24) is 9.97 Å². The van der Waals surface area contributed by atoms with E-state index in [1.54, 1.807) is 0 Å². The van der Waals surface area contributed by atoms with E-state index in [1.165, 1.54) is 24.1 Å². The molecule has 2 aliphatic rings. The number of nitrogens with zero attached hydrogens (tertiary/aromatic N) is 2. The molecule has 2 heteroatoms. The molecule has 1 saturated carbocycles. The lowest BCUT2D eigenvalue weighted by atomic mass is 9.70. The Morgan fingerprint density at radius 2 is 2.12 bits per heavy atom. The van der Waals surface area contributed by atoms with Gasteiger partial charge in [0.05, 0.1) is 5.69 Å². The highest BCUT2D eigenvalue weighted by Crippen LogP contribution is 2.66. The molecule has 0 spiro atoms. The molecule has 0 N–H and O–H groups in total. The Morgan fingerprint density at radius 1 is 1.38 bits per heavy atom. The van der Waals surface area contributed by atoms with Crippen molar-refractivity contribution >= 4 is 0 Å². The van der Waals surface area contributed by atoms with Crippen LogP contribution in [0.25, 0.3) is 0 Å². The van der Waals surface area contributed by atoms with Crippen LogP contribution in [-0.2, 0) is 11.8 Å². The van der Waals surface area contributed by atoms with Crippen LogP contribution < -0.4 is 0 Å². The van der Waals surface area contributed by atoms with E-state index >= 15 is 0 Å². The summed E-state index contributed by atoms with van der Waals surface area (Å²) < 4.78 is 0. The largest absolute Gasteiger partial charge is 0.241 e. The Balaban J connectivity index is 2.23. The summed E-state index contributed by atoms with van der Waals surface area (Å²) in [6.45, 7) is 9.32. The standard InChI is InChI=1S/C14H20N2/c1-5-11-15-8-9-10-6-7-14(4,12(9)16-11)13(10,2)3/h8,10H,5-7H2,1-4H3. The first kappa shape index (κ1) is 10.2. The van der Waals surface area contributed by atoms with Crippen LogP contribution in [0.2, 0.25) is 0 Å². The van der Waals surface area contributed by atoms with Crippen LogP contribution in [0.4, 0.5) is 0 Å². The average Bonchev–Trinajstić information content (AvgIpc) is 2.59. The van der Waals surface area contributed by atoms with Gasteiger partial charge in [0.15, 0.2) is 0 Å². The van der Waals surface area contributed by atoms with Crippen LogP contribution in [-0.4, -0.2) is 9.97 Å². The summed E-state index contributed by atoms with van der Waals surface area (Å²) in [4.78, 5) is 9.28. The molecule has 1 fully saturated rings.